The number of rotatable bonds is 7. The molecule has 0 saturated carbocycles. The zero-order valence-corrected chi connectivity index (χ0v) is 18.9. The van der Waals surface area contributed by atoms with Gasteiger partial charge in [0.15, 0.2) is 9.84 Å². The van der Waals surface area contributed by atoms with Crippen molar-refractivity contribution in [3.8, 4) is 0 Å². The highest BCUT2D eigenvalue weighted by molar-refractivity contribution is 7.90. The van der Waals surface area contributed by atoms with Crippen molar-refractivity contribution >= 4 is 21.7 Å². The molecule has 1 N–H and O–H groups in total. The van der Waals surface area contributed by atoms with E-state index in [4.69, 9.17) is 0 Å². The van der Waals surface area contributed by atoms with Crippen LogP contribution in [0.2, 0.25) is 0 Å². The second-order valence-electron chi connectivity index (χ2n) is 8.99. The Kier molecular flexibility index (Phi) is 7.45. The molecule has 0 bridgehead atoms. The molecule has 1 saturated heterocycles. The van der Waals surface area contributed by atoms with E-state index < -0.39 is 9.84 Å². The van der Waals surface area contributed by atoms with Crippen LogP contribution < -0.4 is 5.32 Å². The summed E-state index contributed by atoms with van der Waals surface area (Å²) >= 11 is 0. The van der Waals surface area contributed by atoms with Crippen LogP contribution in [0.4, 0.5) is 0 Å². The number of carbonyl (C=O) groups excluding carboxylic acids is 2. The normalized spacial score (nSPS) is 16.1. The van der Waals surface area contributed by atoms with Crippen molar-refractivity contribution in [1.29, 1.82) is 0 Å². The summed E-state index contributed by atoms with van der Waals surface area (Å²) in [7, 11) is 0.669. The Hall–Kier alpha value is -1.93. The average Bonchev–Trinajstić information content (AvgIpc) is 2.64. The number of hydrogen-bond donors (Lipinski definition) is 1. The van der Waals surface area contributed by atoms with E-state index in [9.17, 15) is 18.0 Å². The van der Waals surface area contributed by atoms with E-state index in [0.717, 1.165) is 12.8 Å². The van der Waals surface area contributed by atoms with Crippen LogP contribution in [0.1, 0.15) is 37.0 Å². The van der Waals surface area contributed by atoms with Crippen LogP contribution in [0.15, 0.2) is 29.2 Å². The summed E-state index contributed by atoms with van der Waals surface area (Å²) in [4.78, 5) is 29.2. The van der Waals surface area contributed by atoms with E-state index in [2.05, 4.69) is 24.1 Å². The van der Waals surface area contributed by atoms with Gasteiger partial charge in [0.25, 0.3) is 5.91 Å². The maximum Gasteiger partial charge on any atom is 0.253 e. The highest BCUT2D eigenvalue weighted by atomic mass is 32.2. The second-order valence-corrected chi connectivity index (χ2v) is 11.0. The van der Waals surface area contributed by atoms with Gasteiger partial charge in [-0.15, -0.1) is 0 Å². The van der Waals surface area contributed by atoms with Gasteiger partial charge in [-0.25, -0.2) is 8.42 Å². The quantitative estimate of drug-likeness (QED) is 0.721. The van der Waals surface area contributed by atoms with Gasteiger partial charge in [0.05, 0.1) is 4.90 Å². The van der Waals surface area contributed by atoms with E-state index in [1.54, 1.807) is 17.0 Å². The fourth-order valence-electron chi connectivity index (χ4n) is 3.77. The lowest BCUT2D eigenvalue weighted by Crippen LogP contribution is -2.46. The van der Waals surface area contributed by atoms with Gasteiger partial charge in [-0.3, -0.25) is 9.59 Å². The van der Waals surface area contributed by atoms with Crippen molar-refractivity contribution in [2.45, 2.75) is 31.6 Å². The first-order valence-corrected chi connectivity index (χ1v) is 11.8. The number of hydrogen-bond acceptors (Lipinski definition) is 5. The molecular formula is C21H33N3O4S. The summed E-state index contributed by atoms with van der Waals surface area (Å²) in [6.45, 7) is 6.72. The summed E-state index contributed by atoms with van der Waals surface area (Å²) < 4.78 is 23.4. The minimum atomic E-state index is -3.36. The summed E-state index contributed by atoms with van der Waals surface area (Å²) in [6, 6.07) is 6.12. The van der Waals surface area contributed by atoms with Crippen LogP contribution in [0.3, 0.4) is 0 Å². The van der Waals surface area contributed by atoms with Crippen molar-refractivity contribution in [2.75, 3.05) is 46.5 Å². The van der Waals surface area contributed by atoms with Crippen LogP contribution in [0, 0.1) is 11.3 Å². The Labute approximate surface area is 174 Å². The van der Waals surface area contributed by atoms with E-state index in [1.165, 1.54) is 12.1 Å². The average molecular weight is 424 g/mol. The molecule has 1 aliphatic heterocycles. The topological polar surface area (TPSA) is 86.8 Å². The van der Waals surface area contributed by atoms with E-state index in [1.807, 2.05) is 14.1 Å². The third kappa shape index (κ3) is 6.82. The van der Waals surface area contributed by atoms with Crippen molar-refractivity contribution in [3.63, 3.8) is 0 Å². The predicted octanol–water partition coefficient (Wildman–Crippen LogP) is 1.65. The molecule has 1 aliphatic rings. The fourth-order valence-corrected chi connectivity index (χ4v) is 4.44. The highest BCUT2D eigenvalue weighted by Crippen LogP contribution is 2.21. The monoisotopic (exact) mass is 423 g/mol. The zero-order chi connectivity index (χ0) is 21.8. The molecule has 2 rings (SSSR count). The summed E-state index contributed by atoms with van der Waals surface area (Å²) in [6.07, 6.45) is 2.34. The maximum absolute atomic E-state index is 12.7. The summed E-state index contributed by atoms with van der Waals surface area (Å²) in [5, 5.41) is 3.06. The molecule has 0 aromatic heterocycles. The SMILES string of the molecule is CN(C)CC(C)(C)CNC(=O)C1CCN(C(=O)c2cccc(S(C)(=O)=O)c2)CC1. The largest absolute Gasteiger partial charge is 0.355 e. The fraction of sp³-hybridized carbons (Fsp3) is 0.619. The Balaban J connectivity index is 1.90. The lowest BCUT2D eigenvalue weighted by molar-refractivity contribution is -0.126. The first kappa shape index (κ1) is 23.3. The number of sulfone groups is 1. The molecular weight excluding hydrogens is 390 g/mol. The number of carbonyl (C=O) groups is 2. The number of likely N-dealkylation sites (tertiary alicyclic amines) is 1. The maximum atomic E-state index is 12.7. The lowest BCUT2D eigenvalue weighted by atomic mass is 9.91. The van der Waals surface area contributed by atoms with E-state index in [-0.39, 0.29) is 28.0 Å². The molecule has 0 radical (unpaired) electrons. The van der Waals surface area contributed by atoms with Gasteiger partial charge in [-0.1, -0.05) is 19.9 Å². The molecule has 2 amide bonds. The molecule has 1 heterocycles. The molecule has 0 spiro atoms. The van der Waals surface area contributed by atoms with Crippen LogP contribution in [0.5, 0.6) is 0 Å². The molecule has 0 aliphatic carbocycles. The first-order chi connectivity index (χ1) is 13.4. The van der Waals surface area contributed by atoms with Gasteiger partial charge < -0.3 is 15.1 Å². The van der Waals surface area contributed by atoms with Gasteiger partial charge >= 0.3 is 0 Å². The standard InChI is InChI=1S/C21H33N3O4S/c1-21(2,15-23(3)4)14-22-19(25)16-9-11-24(12-10-16)20(26)17-7-6-8-18(13-17)29(5,27)28/h6-8,13,16H,9-12,14-15H2,1-5H3,(H,22,25). The summed E-state index contributed by atoms with van der Waals surface area (Å²) in [5.74, 6) is -0.249. The molecule has 8 heteroatoms. The molecule has 1 aromatic rings. The minimum Gasteiger partial charge on any atom is -0.355 e. The Bertz CT molecular complexity index is 841. The zero-order valence-electron chi connectivity index (χ0n) is 18.1. The molecule has 7 nitrogen and oxygen atoms in total. The Morgan fingerprint density at radius 2 is 1.83 bits per heavy atom. The molecule has 1 fully saturated rings. The molecule has 0 atom stereocenters. The minimum absolute atomic E-state index is 0.0134. The van der Waals surface area contributed by atoms with Crippen LogP contribution >= 0.6 is 0 Å². The number of nitrogens with one attached hydrogen (secondary N) is 1. The third-order valence-corrected chi connectivity index (χ3v) is 6.26. The third-order valence-electron chi connectivity index (χ3n) is 5.15. The van der Waals surface area contributed by atoms with Crippen molar-refractivity contribution in [1.82, 2.24) is 15.1 Å². The smallest absolute Gasteiger partial charge is 0.253 e. The van der Waals surface area contributed by atoms with Crippen LogP contribution in [-0.4, -0.2) is 76.6 Å². The Morgan fingerprint density at radius 3 is 2.38 bits per heavy atom. The van der Waals surface area contributed by atoms with Crippen LogP contribution in [0.25, 0.3) is 0 Å². The Morgan fingerprint density at radius 1 is 1.21 bits per heavy atom. The second kappa shape index (κ2) is 9.26. The number of piperidine rings is 1. The van der Waals surface area contributed by atoms with Gasteiger partial charge in [0, 0.05) is 43.9 Å². The summed E-state index contributed by atoms with van der Waals surface area (Å²) in [5.41, 5.74) is 0.349. The first-order valence-electron chi connectivity index (χ1n) is 9.91. The van der Waals surface area contributed by atoms with Gasteiger partial charge in [0.2, 0.25) is 5.91 Å². The highest BCUT2D eigenvalue weighted by Gasteiger charge is 2.29. The van der Waals surface area contributed by atoms with E-state index in [0.29, 0.717) is 38.0 Å². The predicted molar refractivity (Wildman–Crippen MR) is 114 cm³/mol. The number of amides is 2. The molecule has 29 heavy (non-hydrogen) atoms. The van der Waals surface area contributed by atoms with Crippen molar-refractivity contribution < 1.29 is 18.0 Å². The van der Waals surface area contributed by atoms with Gasteiger partial charge in [-0.2, -0.15) is 0 Å². The molecule has 1 aromatic carbocycles. The van der Waals surface area contributed by atoms with Gasteiger partial charge in [-0.05, 0) is 50.6 Å². The van der Waals surface area contributed by atoms with Gasteiger partial charge in [0.1, 0.15) is 0 Å². The van der Waals surface area contributed by atoms with Crippen LogP contribution in [-0.2, 0) is 14.6 Å². The van der Waals surface area contributed by atoms with Crippen molar-refractivity contribution in [3.05, 3.63) is 29.8 Å². The number of nitrogens with zero attached hydrogens (tertiary/aromatic N) is 2. The molecule has 0 unspecified atom stereocenters. The van der Waals surface area contributed by atoms with E-state index >= 15 is 0 Å². The van der Waals surface area contributed by atoms with Crippen molar-refractivity contribution in [2.24, 2.45) is 11.3 Å². The molecule has 162 valence electrons. The lowest BCUT2D eigenvalue weighted by Gasteiger charge is -2.33. The number of benzene rings is 1.